The van der Waals surface area contributed by atoms with Crippen LogP contribution in [0.25, 0.3) is 0 Å². The summed E-state index contributed by atoms with van der Waals surface area (Å²) in [6, 6.07) is 0. The maximum atomic E-state index is 11.4. The van der Waals surface area contributed by atoms with Crippen LogP contribution in [0, 0.1) is 10.1 Å². The highest BCUT2D eigenvalue weighted by atomic mass is 32.2. The van der Waals surface area contributed by atoms with Crippen LogP contribution < -0.4 is 0 Å². The average Bonchev–Trinajstić information content (AvgIpc) is 2.61. The van der Waals surface area contributed by atoms with E-state index in [4.69, 9.17) is 4.74 Å². The number of thioether (sulfide) groups is 1. The van der Waals surface area contributed by atoms with Crippen molar-refractivity contribution in [3.63, 3.8) is 0 Å². The summed E-state index contributed by atoms with van der Waals surface area (Å²) in [5.74, 6) is -0.574. The fourth-order valence-corrected chi connectivity index (χ4v) is 1.79. The fourth-order valence-electron chi connectivity index (χ4n) is 1.10. The zero-order chi connectivity index (χ0) is 11.4. The number of carbonyl (C=O) groups excluding carboxylic acids is 1. The number of aromatic amines is 1. The molecular formula is C8H10N2O4S. The molecule has 0 fully saturated rings. The molecule has 0 amide bonds. The van der Waals surface area contributed by atoms with Crippen molar-refractivity contribution in [2.45, 2.75) is 11.8 Å². The number of esters is 1. The Kier molecular flexibility index (Phi) is 3.73. The van der Waals surface area contributed by atoms with Crippen LogP contribution in [0.4, 0.5) is 5.69 Å². The Balaban J connectivity index is 3.09. The van der Waals surface area contributed by atoms with Gasteiger partial charge < -0.3 is 9.72 Å². The summed E-state index contributed by atoms with van der Waals surface area (Å²) < 4.78 is 4.76. The van der Waals surface area contributed by atoms with E-state index < -0.39 is 10.9 Å². The topological polar surface area (TPSA) is 85.2 Å². The highest BCUT2D eigenvalue weighted by molar-refractivity contribution is 7.98. The monoisotopic (exact) mass is 230 g/mol. The molecule has 6 nitrogen and oxygen atoms in total. The van der Waals surface area contributed by atoms with E-state index in [0.29, 0.717) is 4.90 Å². The second kappa shape index (κ2) is 4.83. The second-order valence-corrected chi connectivity index (χ2v) is 3.38. The van der Waals surface area contributed by atoms with Gasteiger partial charge in [0, 0.05) is 0 Å². The molecule has 0 unspecified atom stereocenters. The number of carbonyl (C=O) groups is 1. The molecule has 1 rings (SSSR count). The van der Waals surface area contributed by atoms with Gasteiger partial charge in [-0.2, -0.15) is 0 Å². The summed E-state index contributed by atoms with van der Waals surface area (Å²) in [6.45, 7) is 1.91. The molecule has 0 aromatic carbocycles. The molecule has 0 radical (unpaired) electrons. The summed E-state index contributed by atoms with van der Waals surface area (Å²) in [6.07, 6.45) is 2.86. The van der Waals surface area contributed by atoms with Crippen LogP contribution in [-0.4, -0.2) is 28.7 Å². The van der Waals surface area contributed by atoms with E-state index in [0.717, 1.165) is 11.8 Å². The highest BCUT2D eigenvalue weighted by Crippen LogP contribution is 2.31. The van der Waals surface area contributed by atoms with Crippen molar-refractivity contribution in [3.8, 4) is 0 Å². The minimum atomic E-state index is -0.574. The predicted octanol–water partition coefficient (Wildman–Crippen LogP) is 1.82. The van der Waals surface area contributed by atoms with Crippen LogP contribution in [0.15, 0.2) is 11.1 Å². The van der Waals surface area contributed by atoms with Crippen LogP contribution >= 0.6 is 11.8 Å². The Bertz CT molecular complexity index is 388. The van der Waals surface area contributed by atoms with Crippen LogP contribution in [0.1, 0.15) is 17.4 Å². The van der Waals surface area contributed by atoms with Crippen molar-refractivity contribution >= 4 is 23.4 Å². The van der Waals surface area contributed by atoms with Crippen molar-refractivity contribution in [2.24, 2.45) is 0 Å². The Morgan fingerprint density at radius 1 is 1.73 bits per heavy atom. The van der Waals surface area contributed by atoms with Crippen LogP contribution in [-0.2, 0) is 4.74 Å². The van der Waals surface area contributed by atoms with E-state index in [2.05, 4.69) is 4.98 Å². The lowest BCUT2D eigenvalue weighted by Crippen LogP contribution is -2.06. The maximum Gasteiger partial charge on any atom is 0.356 e. The highest BCUT2D eigenvalue weighted by Gasteiger charge is 2.24. The lowest BCUT2D eigenvalue weighted by atomic mass is 10.4. The quantitative estimate of drug-likeness (QED) is 0.369. The molecule has 82 valence electrons. The molecule has 7 heteroatoms. The molecule has 1 heterocycles. The maximum absolute atomic E-state index is 11.4. The Labute approximate surface area is 90.2 Å². The van der Waals surface area contributed by atoms with Gasteiger partial charge in [-0.1, -0.05) is 0 Å². The molecule has 0 aliphatic rings. The van der Waals surface area contributed by atoms with Gasteiger partial charge in [-0.15, -0.1) is 11.8 Å². The molecule has 15 heavy (non-hydrogen) atoms. The lowest BCUT2D eigenvalue weighted by molar-refractivity contribution is -0.387. The lowest BCUT2D eigenvalue weighted by Gasteiger charge is -2.00. The summed E-state index contributed by atoms with van der Waals surface area (Å²) in [7, 11) is 0. The third-order valence-corrected chi connectivity index (χ3v) is 2.51. The molecule has 0 aliphatic heterocycles. The largest absolute Gasteiger partial charge is 0.461 e. The van der Waals surface area contributed by atoms with Crippen molar-refractivity contribution in [1.82, 2.24) is 4.98 Å². The van der Waals surface area contributed by atoms with Gasteiger partial charge in [-0.3, -0.25) is 10.1 Å². The summed E-state index contributed by atoms with van der Waals surface area (Å²) in [5, 5.41) is 10.6. The Morgan fingerprint density at radius 3 is 2.87 bits per heavy atom. The van der Waals surface area contributed by atoms with Gasteiger partial charge in [0.2, 0.25) is 0 Å². The molecule has 0 saturated carbocycles. The van der Waals surface area contributed by atoms with E-state index >= 15 is 0 Å². The molecule has 1 aromatic rings. The number of nitrogens with zero attached hydrogens (tertiary/aromatic N) is 1. The zero-order valence-electron chi connectivity index (χ0n) is 8.27. The van der Waals surface area contributed by atoms with Crippen molar-refractivity contribution in [2.75, 3.05) is 12.9 Å². The van der Waals surface area contributed by atoms with E-state index in [9.17, 15) is 14.9 Å². The number of H-pyrrole nitrogens is 1. The summed E-state index contributed by atoms with van der Waals surface area (Å²) in [5.41, 5.74) is 0.0293. The first-order chi connectivity index (χ1) is 7.11. The van der Waals surface area contributed by atoms with Gasteiger partial charge in [0.05, 0.1) is 17.7 Å². The molecular weight excluding hydrogens is 220 g/mol. The molecule has 0 aliphatic carbocycles. The molecule has 1 N–H and O–H groups in total. The van der Waals surface area contributed by atoms with E-state index in [1.165, 1.54) is 6.20 Å². The van der Waals surface area contributed by atoms with Gasteiger partial charge in [0.1, 0.15) is 10.6 Å². The summed E-state index contributed by atoms with van der Waals surface area (Å²) in [4.78, 5) is 24.3. The fraction of sp³-hybridized carbons (Fsp3) is 0.375. The number of aromatic nitrogens is 1. The first-order valence-electron chi connectivity index (χ1n) is 4.18. The van der Waals surface area contributed by atoms with E-state index in [-0.39, 0.29) is 18.0 Å². The number of rotatable bonds is 4. The number of nitro groups is 1. The van der Waals surface area contributed by atoms with Gasteiger partial charge in [-0.05, 0) is 13.2 Å². The number of nitrogens with one attached hydrogen (secondary N) is 1. The SMILES string of the molecule is CCOC(=O)c1[nH]cc([N+](=O)[O-])c1SC. The van der Waals surface area contributed by atoms with Gasteiger partial charge in [0.25, 0.3) is 0 Å². The normalized spacial score (nSPS) is 10.0. The molecule has 1 aromatic heterocycles. The van der Waals surface area contributed by atoms with Crippen LogP contribution in [0.5, 0.6) is 0 Å². The van der Waals surface area contributed by atoms with Crippen molar-refractivity contribution in [3.05, 3.63) is 22.0 Å². The average molecular weight is 230 g/mol. The predicted molar refractivity (Wildman–Crippen MR) is 55.2 cm³/mol. The molecule has 0 bridgehead atoms. The third-order valence-electron chi connectivity index (χ3n) is 1.69. The first kappa shape index (κ1) is 11.6. The molecule has 0 spiro atoms. The van der Waals surface area contributed by atoms with E-state index in [1.807, 2.05) is 0 Å². The number of hydrogen-bond donors (Lipinski definition) is 1. The minimum Gasteiger partial charge on any atom is -0.461 e. The number of ether oxygens (including phenoxy) is 1. The van der Waals surface area contributed by atoms with Crippen LogP contribution in [0.2, 0.25) is 0 Å². The van der Waals surface area contributed by atoms with E-state index in [1.54, 1.807) is 13.2 Å². The first-order valence-corrected chi connectivity index (χ1v) is 5.41. The zero-order valence-corrected chi connectivity index (χ0v) is 9.09. The third kappa shape index (κ3) is 2.30. The molecule has 0 saturated heterocycles. The van der Waals surface area contributed by atoms with Gasteiger partial charge >= 0.3 is 11.7 Å². The standard InChI is InChI=1S/C8H10N2O4S/c1-3-14-8(11)6-7(15-2)5(4-9-6)10(12)13/h4,9H,3H2,1-2H3. The Morgan fingerprint density at radius 2 is 2.40 bits per heavy atom. The smallest absolute Gasteiger partial charge is 0.356 e. The van der Waals surface area contributed by atoms with Gasteiger partial charge in [-0.25, -0.2) is 4.79 Å². The number of hydrogen-bond acceptors (Lipinski definition) is 5. The second-order valence-electron chi connectivity index (χ2n) is 2.56. The van der Waals surface area contributed by atoms with Gasteiger partial charge in [0.15, 0.2) is 0 Å². The minimum absolute atomic E-state index is 0.106. The Hall–Kier alpha value is -1.50. The van der Waals surface area contributed by atoms with Crippen molar-refractivity contribution < 1.29 is 14.5 Å². The molecule has 0 atom stereocenters. The van der Waals surface area contributed by atoms with Crippen molar-refractivity contribution in [1.29, 1.82) is 0 Å². The van der Waals surface area contributed by atoms with Crippen LogP contribution in [0.3, 0.4) is 0 Å². The summed E-state index contributed by atoms with van der Waals surface area (Å²) >= 11 is 1.14.